The van der Waals surface area contributed by atoms with Crippen LogP contribution in [-0.4, -0.2) is 0 Å². The molecule has 0 fully saturated rings. The van der Waals surface area contributed by atoms with Crippen LogP contribution in [0.25, 0.3) is 0 Å². The summed E-state index contributed by atoms with van der Waals surface area (Å²) < 4.78 is 0. The van der Waals surface area contributed by atoms with Gasteiger partial charge < -0.3 is 0 Å². The molecule has 0 saturated carbocycles. The summed E-state index contributed by atoms with van der Waals surface area (Å²) in [7, 11) is 0. The Morgan fingerprint density at radius 1 is 0.889 bits per heavy atom. The van der Waals surface area contributed by atoms with Crippen LogP contribution in [0.4, 0.5) is 0 Å². The van der Waals surface area contributed by atoms with E-state index in [1.165, 1.54) is 0 Å². The maximum absolute atomic E-state index is 3.62. The van der Waals surface area contributed by atoms with Crippen molar-refractivity contribution in [3.8, 4) is 0 Å². The zero-order chi connectivity index (χ0) is 6.95. The van der Waals surface area contributed by atoms with Gasteiger partial charge >= 0.3 is 0 Å². The number of allylic oxidation sites excluding steroid dienone is 4. The van der Waals surface area contributed by atoms with Gasteiger partial charge in [-0.1, -0.05) is 24.3 Å². The van der Waals surface area contributed by atoms with Gasteiger partial charge in [0.25, 0.3) is 0 Å². The summed E-state index contributed by atoms with van der Waals surface area (Å²) in [4.78, 5) is 0. The lowest BCUT2D eigenvalue weighted by molar-refractivity contribution is 1.05. The highest BCUT2D eigenvalue weighted by Crippen LogP contribution is 1.92. The monoisotopic (exact) mass is 122 g/mol. The van der Waals surface area contributed by atoms with Crippen LogP contribution in [0.1, 0.15) is 19.3 Å². The van der Waals surface area contributed by atoms with Crippen LogP contribution >= 0.6 is 0 Å². The average Bonchev–Trinajstić information content (AvgIpc) is 1.89. The lowest BCUT2D eigenvalue weighted by Gasteiger charge is -1.82. The third-order valence-electron chi connectivity index (χ3n) is 1.01. The molecular weight excluding hydrogens is 108 g/mol. The number of unbranched alkanes of at least 4 members (excludes halogenated alkanes) is 1. The van der Waals surface area contributed by atoms with E-state index in [0.717, 1.165) is 19.3 Å². The second kappa shape index (κ2) is 7.22. The van der Waals surface area contributed by atoms with Crippen molar-refractivity contribution in [1.29, 1.82) is 0 Å². The smallest absolute Gasteiger partial charge is 0.0172 e. The van der Waals surface area contributed by atoms with Crippen molar-refractivity contribution < 1.29 is 0 Å². The molecule has 0 saturated heterocycles. The molecule has 0 atom stereocenters. The summed E-state index contributed by atoms with van der Waals surface area (Å²) in [5, 5.41) is 0. The fourth-order valence-electron chi connectivity index (χ4n) is 0.524. The van der Waals surface area contributed by atoms with Crippen LogP contribution in [-0.2, 0) is 0 Å². The predicted molar refractivity (Wildman–Crippen MR) is 43.4 cm³/mol. The summed E-state index contributed by atoms with van der Waals surface area (Å²) in [6, 6.07) is 0. The summed E-state index contributed by atoms with van der Waals surface area (Å²) in [6.07, 6.45) is 11.3. The lowest BCUT2D eigenvalue weighted by Crippen LogP contribution is -1.62. The van der Waals surface area contributed by atoms with E-state index in [4.69, 9.17) is 0 Å². The molecule has 0 N–H and O–H groups in total. The topological polar surface area (TPSA) is 0 Å². The van der Waals surface area contributed by atoms with E-state index in [0.29, 0.717) is 0 Å². The summed E-state index contributed by atoms with van der Waals surface area (Å²) in [5.74, 6) is 0. The van der Waals surface area contributed by atoms with Gasteiger partial charge in [-0.3, -0.25) is 0 Å². The Morgan fingerprint density at radius 3 is 2.22 bits per heavy atom. The Kier molecular flexibility index (Phi) is 6.59. The molecule has 9 heavy (non-hydrogen) atoms. The molecule has 0 aromatic carbocycles. The summed E-state index contributed by atoms with van der Waals surface area (Å²) in [6.45, 7) is 7.23. The Balaban J connectivity index is 3.03. The first kappa shape index (κ1) is 8.22. The highest BCUT2D eigenvalue weighted by atomic mass is 13.8. The molecule has 0 aromatic rings. The van der Waals surface area contributed by atoms with Crippen molar-refractivity contribution in [2.24, 2.45) is 0 Å². The van der Waals surface area contributed by atoms with Crippen molar-refractivity contribution in [1.82, 2.24) is 0 Å². The average molecular weight is 122 g/mol. The Bertz CT molecular complexity index is 98.6. The maximum atomic E-state index is 3.62. The van der Waals surface area contributed by atoms with Crippen LogP contribution < -0.4 is 0 Å². The zero-order valence-corrected chi connectivity index (χ0v) is 5.84. The van der Waals surface area contributed by atoms with Gasteiger partial charge in [-0.2, -0.15) is 0 Å². The minimum atomic E-state index is 0.983. The molecule has 0 unspecified atom stereocenters. The molecule has 0 amide bonds. The van der Waals surface area contributed by atoms with Crippen molar-refractivity contribution in [3.63, 3.8) is 0 Å². The fourth-order valence-corrected chi connectivity index (χ4v) is 0.524. The molecule has 0 heterocycles. The van der Waals surface area contributed by atoms with Gasteiger partial charge in [-0.25, -0.2) is 0 Å². The summed E-state index contributed by atoms with van der Waals surface area (Å²) >= 11 is 0. The first-order chi connectivity index (χ1) is 4.41. The fraction of sp³-hybridized carbons (Fsp3) is 0.333. The maximum Gasteiger partial charge on any atom is -0.0172 e. The molecule has 0 heteroatoms. The minimum Gasteiger partial charge on any atom is -0.103 e. The van der Waals surface area contributed by atoms with E-state index >= 15 is 0 Å². The highest BCUT2D eigenvalue weighted by molar-refractivity contribution is 4.89. The summed E-state index contributed by atoms with van der Waals surface area (Å²) in [5.41, 5.74) is 0. The second-order valence-electron chi connectivity index (χ2n) is 1.86. The largest absolute Gasteiger partial charge is 0.103 e. The van der Waals surface area contributed by atoms with E-state index in [9.17, 15) is 0 Å². The van der Waals surface area contributed by atoms with Crippen molar-refractivity contribution in [2.45, 2.75) is 19.3 Å². The van der Waals surface area contributed by atoms with Gasteiger partial charge in [0.15, 0.2) is 0 Å². The molecule has 0 spiro atoms. The van der Waals surface area contributed by atoms with Gasteiger partial charge in [0.1, 0.15) is 0 Å². The van der Waals surface area contributed by atoms with Crippen LogP contribution in [0.15, 0.2) is 37.5 Å². The van der Waals surface area contributed by atoms with Crippen LogP contribution in [0, 0.1) is 0 Å². The minimum absolute atomic E-state index is 0.983. The number of rotatable bonds is 5. The van der Waals surface area contributed by atoms with E-state index in [1.54, 1.807) is 0 Å². The molecule has 0 aliphatic rings. The molecule has 0 aromatic heterocycles. The zero-order valence-electron chi connectivity index (χ0n) is 5.84. The van der Waals surface area contributed by atoms with Crippen LogP contribution in [0.5, 0.6) is 0 Å². The molecule has 0 radical (unpaired) electrons. The van der Waals surface area contributed by atoms with Gasteiger partial charge in [0.05, 0.1) is 0 Å². The Morgan fingerprint density at radius 2 is 1.67 bits per heavy atom. The third-order valence-corrected chi connectivity index (χ3v) is 1.01. The molecule has 0 nitrogen and oxygen atoms in total. The van der Waals surface area contributed by atoms with Crippen molar-refractivity contribution >= 4 is 0 Å². The van der Waals surface area contributed by atoms with Crippen molar-refractivity contribution in [3.05, 3.63) is 37.5 Å². The van der Waals surface area contributed by atoms with Gasteiger partial charge in [0, 0.05) is 0 Å². The molecule has 50 valence electrons. The molecule has 0 rings (SSSR count). The predicted octanol–water partition coefficient (Wildman–Crippen LogP) is 3.08. The van der Waals surface area contributed by atoms with Gasteiger partial charge in [-0.05, 0) is 19.3 Å². The number of hydrogen-bond acceptors (Lipinski definition) is 0. The van der Waals surface area contributed by atoms with E-state index < -0.39 is 0 Å². The highest BCUT2D eigenvalue weighted by Gasteiger charge is 1.71. The molecule has 0 aliphatic carbocycles. The quantitative estimate of drug-likeness (QED) is 0.388. The first-order valence-electron chi connectivity index (χ1n) is 3.28. The molecular formula is C9H14. The number of hydrogen-bond donors (Lipinski definition) is 0. The van der Waals surface area contributed by atoms with E-state index in [-0.39, 0.29) is 0 Å². The van der Waals surface area contributed by atoms with E-state index in [1.807, 2.05) is 12.2 Å². The standard InChI is InChI=1S/C9H14/c1-3-5-7-9-8-6-4-2/h3-4,7,9H,1-2,5-6,8H2. The Hall–Kier alpha value is -0.780. The normalized spacial score (nSPS) is 9.78. The molecule has 0 aliphatic heterocycles. The Labute approximate surface area is 57.6 Å². The lowest BCUT2D eigenvalue weighted by atomic mass is 10.2. The first-order valence-corrected chi connectivity index (χ1v) is 3.28. The molecule has 0 bridgehead atoms. The van der Waals surface area contributed by atoms with Gasteiger partial charge in [0.2, 0.25) is 0 Å². The van der Waals surface area contributed by atoms with Gasteiger partial charge in [-0.15, -0.1) is 13.2 Å². The third kappa shape index (κ3) is 7.22. The second-order valence-corrected chi connectivity index (χ2v) is 1.86. The van der Waals surface area contributed by atoms with Crippen molar-refractivity contribution in [2.75, 3.05) is 0 Å². The van der Waals surface area contributed by atoms with E-state index in [2.05, 4.69) is 25.3 Å². The van der Waals surface area contributed by atoms with Crippen LogP contribution in [0.2, 0.25) is 0 Å². The van der Waals surface area contributed by atoms with Crippen LogP contribution in [0.3, 0.4) is 0 Å². The SMILES string of the molecule is C=CCC=CCCC=C.